The average Bonchev–Trinajstić information content (AvgIpc) is 2.92. The largest absolute Gasteiger partial charge is 0.337 e. The van der Waals surface area contributed by atoms with Crippen molar-refractivity contribution in [3.8, 4) is 0 Å². The lowest BCUT2D eigenvalue weighted by atomic mass is 10.1. The predicted molar refractivity (Wildman–Crippen MR) is 81.4 cm³/mol. The molecule has 0 atom stereocenters. The van der Waals surface area contributed by atoms with Crippen LogP contribution in [0.5, 0.6) is 0 Å². The summed E-state index contributed by atoms with van der Waals surface area (Å²) in [6.07, 6.45) is 1.97. The van der Waals surface area contributed by atoms with Crippen molar-refractivity contribution >= 4 is 22.5 Å². The molecule has 0 bridgehead atoms. The molecular formula is C14H14N4O2S. The summed E-state index contributed by atoms with van der Waals surface area (Å²) < 4.78 is 6.52. The summed E-state index contributed by atoms with van der Waals surface area (Å²) >= 11 is 1.61. The molecule has 3 rings (SSSR count). The van der Waals surface area contributed by atoms with E-state index in [0.29, 0.717) is 22.9 Å². The van der Waals surface area contributed by atoms with E-state index in [1.54, 1.807) is 17.8 Å². The first kappa shape index (κ1) is 13.8. The number of aromatic nitrogens is 4. The van der Waals surface area contributed by atoms with Crippen LogP contribution in [0.4, 0.5) is 0 Å². The standard InChI is InChI=1S/C14H14N4O2S/c1-9-10-5-3-4-6-11(10)14(19)18(16-9)7-13-15-12(8-21-2)17-20-13/h3-6H,7-8H2,1-2H3. The molecule has 0 aliphatic heterocycles. The van der Waals surface area contributed by atoms with Crippen LogP contribution in [-0.2, 0) is 12.3 Å². The quantitative estimate of drug-likeness (QED) is 0.734. The van der Waals surface area contributed by atoms with Crippen molar-refractivity contribution in [3.63, 3.8) is 0 Å². The molecule has 3 aromatic rings. The van der Waals surface area contributed by atoms with Crippen molar-refractivity contribution in [2.75, 3.05) is 6.26 Å². The average molecular weight is 302 g/mol. The van der Waals surface area contributed by atoms with Gasteiger partial charge in [-0.05, 0) is 19.2 Å². The minimum absolute atomic E-state index is 0.152. The lowest BCUT2D eigenvalue weighted by Crippen LogP contribution is -2.24. The summed E-state index contributed by atoms with van der Waals surface area (Å²) in [6.45, 7) is 2.07. The second-order valence-electron chi connectivity index (χ2n) is 4.63. The van der Waals surface area contributed by atoms with Crippen molar-refractivity contribution < 1.29 is 4.52 Å². The highest BCUT2D eigenvalue weighted by atomic mass is 32.2. The predicted octanol–water partition coefficient (Wildman–Crippen LogP) is 2.00. The van der Waals surface area contributed by atoms with Crippen LogP contribution in [0.15, 0.2) is 33.6 Å². The normalized spacial score (nSPS) is 11.1. The summed E-state index contributed by atoms with van der Waals surface area (Å²) in [4.78, 5) is 16.7. The minimum atomic E-state index is -0.152. The summed E-state index contributed by atoms with van der Waals surface area (Å²) in [7, 11) is 0. The summed E-state index contributed by atoms with van der Waals surface area (Å²) in [6, 6.07) is 7.44. The van der Waals surface area contributed by atoms with Gasteiger partial charge in [0.1, 0.15) is 6.54 Å². The molecule has 0 saturated heterocycles. The summed E-state index contributed by atoms with van der Waals surface area (Å²) in [5.41, 5.74) is 0.648. The molecule has 21 heavy (non-hydrogen) atoms. The van der Waals surface area contributed by atoms with Crippen LogP contribution >= 0.6 is 11.8 Å². The van der Waals surface area contributed by atoms with Crippen LogP contribution in [0, 0.1) is 6.92 Å². The van der Waals surface area contributed by atoms with Gasteiger partial charge >= 0.3 is 0 Å². The Bertz CT molecular complexity index is 840. The molecular weight excluding hydrogens is 288 g/mol. The van der Waals surface area contributed by atoms with E-state index in [1.807, 2.05) is 31.4 Å². The highest BCUT2D eigenvalue weighted by Gasteiger charge is 2.11. The molecule has 0 fully saturated rings. The molecule has 0 saturated carbocycles. The molecule has 2 heterocycles. The zero-order valence-electron chi connectivity index (χ0n) is 11.7. The second-order valence-corrected chi connectivity index (χ2v) is 5.50. The van der Waals surface area contributed by atoms with Crippen LogP contribution in [0.1, 0.15) is 17.4 Å². The molecule has 7 heteroatoms. The van der Waals surface area contributed by atoms with Gasteiger partial charge in [-0.3, -0.25) is 4.79 Å². The highest BCUT2D eigenvalue weighted by Crippen LogP contribution is 2.12. The number of aryl methyl sites for hydroxylation is 1. The van der Waals surface area contributed by atoms with Gasteiger partial charge in [0, 0.05) is 5.39 Å². The molecule has 1 aromatic carbocycles. The van der Waals surface area contributed by atoms with Gasteiger partial charge in [-0.2, -0.15) is 21.8 Å². The van der Waals surface area contributed by atoms with E-state index in [1.165, 1.54) is 4.68 Å². The second kappa shape index (κ2) is 5.69. The fraction of sp³-hybridized carbons (Fsp3) is 0.286. The fourth-order valence-electron chi connectivity index (χ4n) is 2.18. The number of fused-ring (bicyclic) bond motifs is 1. The highest BCUT2D eigenvalue weighted by molar-refractivity contribution is 7.97. The lowest BCUT2D eigenvalue weighted by molar-refractivity contribution is 0.359. The zero-order chi connectivity index (χ0) is 14.8. The first-order chi connectivity index (χ1) is 10.2. The van der Waals surface area contributed by atoms with Crippen molar-refractivity contribution in [2.45, 2.75) is 19.2 Å². The van der Waals surface area contributed by atoms with Crippen LogP contribution in [0.25, 0.3) is 10.8 Å². The van der Waals surface area contributed by atoms with Gasteiger partial charge in [0.25, 0.3) is 5.56 Å². The van der Waals surface area contributed by atoms with Crippen molar-refractivity contribution in [1.82, 2.24) is 19.9 Å². The van der Waals surface area contributed by atoms with Gasteiger partial charge in [0.15, 0.2) is 5.82 Å². The van der Waals surface area contributed by atoms with E-state index in [2.05, 4.69) is 15.2 Å². The Kier molecular flexibility index (Phi) is 3.74. The zero-order valence-corrected chi connectivity index (χ0v) is 12.6. The molecule has 0 aliphatic rings. The number of thioether (sulfide) groups is 1. The van der Waals surface area contributed by atoms with Crippen LogP contribution in [0.2, 0.25) is 0 Å². The lowest BCUT2D eigenvalue weighted by Gasteiger charge is -2.06. The molecule has 0 aliphatic carbocycles. The summed E-state index contributed by atoms with van der Waals surface area (Å²) in [5, 5.41) is 9.70. The van der Waals surface area contributed by atoms with E-state index < -0.39 is 0 Å². The Labute approximate surface area is 125 Å². The monoisotopic (exact) mass is 302 g/mol. The number of hydrogen-bond donors (Lipinski definition) is 0. The number of nitrogens with zero attached hydrogens (tertiary/aromatic N) is 4. The molecule has 0 radical (unpaired) electrons. The number of benzene rings is 1. The van der Waals surface area contributed by atoms with Gasteiger partial charge in [-0.25, -0.2) is 4.68 Å². The van der Waals surface area contributed by atoms with Crippen molar-refractivity contribution in [3.05, 3.63) is 52.0 Å². The van der Waals surface area contributed by atoms with Crippen LogP contribution < -0.4 is 5.56 Å². The van der Waals surface area contributed by atoms with Crippen LogP contribution in [-0.4, -0.2) is 26.2 Å². The summed E-state index contributed by atoms with van der Waals surface area (Å²) in [5.74, 6) is 1.70. The van der Waals surface area contributed by atoms with E-state index in [4.69, 9.17) is 4.52 Å². The Morgan fingerprint density at radius 3 is 2.81 bits per heavy atom. The van der Waals surface area contributed by atoms with E-state index in [0.717, 1.165) is 11.1 Å². The Hall–Kier alpha value is -2.15. The molecule has 0 spiro atoms. The molecule has 108 valence electrons. The first-order valence-electron chi connectivity index (χ1n) is 6.46. The third-order valence-corrected chi connectivity index (χ3v) is 3.67. The van der Waals surface area contributed by atoms with Gasteiger partial charge < -0.3 is 4.52 Å². The Balaban J connectivity index is 2.00. The number of hydrogen-bond acceptors (Lipinski definition) is 6. The topological polar surface area (TPSA) is 73.8 Å². The first-order valence-corrected chi connectivity index (χ1v) is 7.85. The third-order valence-electron chi connectivity index (χ3n) is 3.12. The molecule has 6 nitrogen and oxygen atoms in total. The Morgan fingerprint density at radius 2 is 2.05 bits per heavy atom. The fourth-order valence-corrected chi connectivity index (χ4v) is 2.56. The molecule has 2 aromatic heterocycles. The number of rotatable bonds is 4. The van der Waals surface area contributed by atoms with E-state index >= 15 is 0 Å². The SMILES string of the molecule is CSCc1noc(Cn2nc(C)c3ccccc3c2=O)n1. The van der Waals surface area contributed by atoms with Gasteiger partial charge in [-0.1, -0.05) is 23.4 Å². The molecule has 0 N–H and O–H groups in total. The maximum Gasteiger partial charge on any atom is 0.275 e. The minimum Gasteiger partial charge on any atom is -0.337 e. The third kappa shape index (κ3) is 2.69. The van der Waals surface area contributed by atoms with Gasteiger partial charge in [-0.15, -0.1) is 0 Å². The van der Waals surface area contributed by atoms with E-state index in [9.17, 15) is 4.79 Å². The van der Waals surface area contributed by atoms with Crippen molar-refractivity contribution in [1.29, 1.82) is 0 Å². The smallest absolute Gasteiger partial charge is 0.275 e. The molecule has 0 amide bonds. The Morgan fingerprint density at radius 1 is 1.29 bits per heavy atom. The van der Waals surface area contributed by atoms with Crippen molar-refractivity contribution in [2.24, 2.45) is 0 Å². The molecule has 0 unspecified atom stereocenters. The maximum absolute atomic E-state index is 12.4. The van der Waals surface area contributed by atoms with Crippen LogP contribution in [0.3, 0.4) is 0 Å². The van der Waals surface area contributed by atoms with E-state index in [-0.39, 0.29) is 12.1 Å². The maximum atomic E-state index is 12.4. The van der Waals surface area contributed by atoms with Gasteiger partial charge in [0.05, 0.1) is 16.8 Å². The van der Waals surface area contributed by atoms with Gasteiger partial charge in [0.2, 0.25) is 5.89 Å².